The summed E-state index contributed by atoms with van der Waals surface area (Å²) < 4.78 is 39.9. The molecule has 2 rings (SSSR count). The van der Waals surface area contributed by atoms with Crippen LogP contribution in [0.4, 0.5) is 13.2 Å². The number of benzene rings is 1. The zero-order valence-corrected chi connectivity index (χ0v) is 16.8. The van der Waals surface area contributed by atoms with Gasteiger partial charge in [-0.25, -0.2) is 0 Å². The predicted molar refractivity (Wildman–Crippen MR) is 102 cm³/mol. The third-order valence-corrected chi connectivity index (χ3v) is 3.52. The molecule has 0 spiro atoms. The highest BCUT2D eigenvalue weighted by Gasteiger charge is 2.32. The van der Waals surface area contributed by atoms with Gasteiger partial charge in [0.1, 0.15) is 5.75 Å². The molecule has 5 nitrogen and oxygen atoms in total. The van der Waals surface area contributed by atoms with Crippen LogP contribution in [0.5, 0.6) is 5.75 Å². The van der Waals surface area contributed by atoms with Crippen LogP contribution in [-0.4, -0.2) is 22.8 Å². The highest BCUT2D eigenvalue weighted by Crippen LogP contribution is 2.30. The Morgan fingerprint density at radius 3 is 2.29 bits per heavy atom. The molecule has 0 fully saturated rings. The van der Waals surface area contributed by atoms with Crippen molar-refractivity contribution in [3.05, 3.63) is 58.4 Å². The van der Waals surface area contributed by atoms with E-state index in [0.717, 1.165) is 11.3 Å². The van der Waals surface area contributed by atoms with Crippen molar-refractivity contribution in [2.24, 2.45) is 5.73 Å². The van der Waals surface area contributed by atoms with E-state index in [4.69, 9.17) is 17.3 Å². The lowest BCUT2D eigenvalue weighted by molar-refractivity contribution is -0.274. The molecule has 1 amide bonds. The van der Waals surface area contributed by atoms with E-state index in [2.05, 4.69) is 15.0 Å². The smallest absolute Gasteiger partial charge is 0.404 e. The number of pyridine rings is 1. The number of primary amides is 1. The number of amides is 1. The number of hydrogen-bond acceptors (Lipinski definition) is 4. The van der Waals surface area contributed by atoms with Crippen LogP contribution >= 0.6 is 11.6 Å². The highest BCUT2D eigenvalue weighted by atomic mass is 35.5. The Morgan fingerprint density at radius 1 is 1.21 bits per heavy atom. The van der Waals surface area contributed by atoms with Crippen LogP contribution in [0.25, 0.3) is 0 Å². The van der Waals surface area contributed by atoms with Crippen LogP contribution in [0, 0.1) is 6.92 Å². The number of nitrogens with one attached hydrogen (secondary N) is 1. The number of nitrogens with zero attached hydrogens (tertiary/aromatic N) is 1. The number of aromatic nitrogens is 1. The van der Waals surface area contributed by atoms with Crippen molar-refractivity contribution in [2.75, 3.05) is 0 Å². The third-order valence-electron chi connectivity index (χ3n) is 3.23. The molecule has 1 heterocycles. The summed E-state index contributed by atoms with van der Waals surface area (Å²) in [6.45, 7) is 8.32. The summed E-state index contributed by atoms with van der Waals surface area (Å²) >= 11 is 5.73. The van der Waals surface area contributed by atoms with Crippen LogP contribution in [0.15, 0.2) is 36.5 Å². The van der Waals surface area contributed by atoms with E-state index in [9.17, 15) is 18.0 Å². The number of hydrogen-bond donors (Lipinski definition) is 2. The molecular weight excluding hydrogens is 395 g/mol. The fraction of sp³-hybridized carbons (Fsp3) is 0.368. The number of alkyl halides is 3. The SMILES string of the molecule is CC(C)(C)NCc1ccc(OC(F)(F)F)c(Cl)c1.Cc1cc(C(N)=O)ccn1. The first kappa shape index (κ1) is 23.7. The van der Waals surface area contributed by atoms with Gasteiger partial charge in [0, 0.05) is 29.5 Å². The molecule has 154 valence electrons. The summed E-state index contributed by atoms with van der Waals surface area (Å²) in [5, 5.41) is 3.16. The quantitative estimate of drug-likeness (QED) is 0.761. The van der Waals surface area contributed by atoms with Crippen molar-refractivity contribution < 1.29 is 22.7 Å². The molecule has 0 aliphatic rings. The van der Waals surface area contributed by atoms with Gasteiger partial charge < -0.3 is 15.8 Å². The Bertz CT molecular complexity index is 806. The molecule has 28 heavy (non-hydrogen) atoms. The Morgan fingerprint density at radius 2 is 1.86 bits per heavy atom. The third kappa shape index (κ3) is 9.57. The van der Waals surface area contributed by atoms with Gasteiger partial charge in [-0.05, 0) is 57.5 Å². The maximum atomic E-state index is 12.0. The Hall–Kier alpha value is -2.32. The fourth-order valence-electron chi connectivity index (χ4n) is 1.93. The number of rotatable bonds is 4. The van der Waals surface area contributed by atoms with Gasteiger partial charge in [-0.15, -0.1) is 13.2 Å². The van der Waals surface area contributed by atoms with Gasteiger partial charge >= 0.3 is 6.36 Å². The number of ether oxygens (including phenoxy) is 1. The summed E-state index contributed by atoms with van der Waals surface area (Å²) in [6.07, 6.45) is -3.16. The molecule has 0 unspecified atom stereocenters. The molecule has 1 aromatic heterocycles. The summed E-state index contributed by atoms with van der Waals surface area (Å²) in [5.74, 6) is -0.797. The molecule has 0 bridgehead atoms. The average Bonchev–Trinajstić information content (AvgIpc) is 2.54. The summed E-state index contributed by atoms with van der Waals surface area (Å²) in [7, 11) is 0. The minimum absolute atomic E-state index is 0.0551. The second-order valence-electron chi connectivity index (χ2n) is 6.97. The van der Waals surface area contributed by atoms with Crippen molar-refractivity contribution in [3.63, 3.8) is 0 Å². The molecule has 3 N–H and O–H groups in total. The first-order chi connectivity index (χ1) is 12.8. The van der Waals surface area contributed by atoms with Gasteiger partial charge in [-0.2, -0.15) is 0 Å². The van der Waals surface area contributed by atoms with E-state index in [1.165, 1.54) is 12.1 Å². The largest absolute Gasteiger partial charge is 0.573 e. The number of carbonyl (C=O) groups is 1. The minimum atomic E-state index is -4.73. The van der Waals surface area contributed by atoms with E-state index >= 15 is 0 Å². The van der Waals surface area contributed by atoms with E-state index in [1.54, 1.807) is 24.4 Å². The zero-order chi connectivity index (χ0) is 21.5. The maximum Gasteiger partial charge on any atom is 0.573 e. The van der Waals surface area contributed by atoms with Crippen LogP contribution < -0.4 is 15.8 Å². The van der Waals surface area contributed by atoms with Crippen molar-refractivity contribution >= 4 is 17.5 Å². The van der Waals surface area contributed by atoms with E-state index in [0.29, 0.717) is 12.1 Å². The Kier molecular flexibility index (Phi) is 8.26. The van der Waals surface area contributed by atoms with Crippen molar-refractivity contribution in [2.45, 2.75) is 46.1 Å². The maximum absolute atomic E-state index is 12.0. The number of aryl methyl sites for hydroxylation is 1. The predicted octanol–water partition coefficient (Wildman–Crippen LogP) is 4.62. The standard InChI is InChI=1S/C12H15ClF3NO.C7H8N2O/c1-11(2,3)17-7-8-4-5-10(9(13)6-8)18-12(14,15)16;1-5-4-6(7(8)10)2-3-9-5/h4-6,17H,7H2,1-3H3;2-4H,1H3,(H2,8,10). The number of halogens is 4. The fourth-order valence-corrected chi connectivity index (χ4v) is 2.17. The molecule has 0 radical (unpaired) electrons. The van der Waals surface area contributed by atoms with E-state index in [1.807, 2.05) is 27.7 Å². The molecule has 0 aliphatic heterocycles. The molecular formula is C19H23ClF3N3O2. The minimum Gasteiger partial charge on any atom is -0.404 e. The summed E-state index contributed by atoms with van der Waals surface area (Å²) in [5.41, 5.74) is 7.05. The van der Waals surface area contributed by atoms with Gasteiger partial charge in [0.15, 0.2) is 0 Å². The van der Waals surface area contributed by atoms with Gasteiger partial charge in [0.2, 0.25) is 5.91 Å². The first-order valence-electron chi connectivity index (χ1n) is 8.28. The van der Waals surface area contributed by atoms with Gasteiger partial charge in [-0.1, -0.05) is 17.7 Å². The topological polar surface area (TPSA) is 77.2 Å². The highest BCUT2D eigenvalue weighted by molar-refractivity contribution is 6.32. The second kappa shape index (κ2) is 9.75. The van der Waals surface area contributed by atoms with E-state index in [-0.39, 0.29) is 16.3 Å². The second-order valence-corrected chi connectivity index (χ2v) is 7.37. The van der Waals surface area contributed by atoms with Gasteiger partial charge in [-0.3, -0.25) is 9.78 Å². The first-order valence-corrected chi connectivity index (χ1v) is 8.66. The van der Waals surface area contributed by atoms with Crippen LogP contribution in [0.3, 0.4) is 0 Å². The summed E-state index contributed by atoms with van der Waals surface area (Å²) in [4.78, 5) is 14.5. The van der Waals surface area contributed by atoms with Gasteiger partial charge in [0.25, 0.3) is 0 Å². The number of carbonyl (C=O) groups excluding carboxylic acids is 1. The van der Waals surface area contributed by atoms with Crippen LogP contribution in [0.1, 0.15) is 42.4 Å². The summed E-state index contributed by atoms with van der Waals surface area (Å²) in [6, 6.07) is 7.47. The van der Waals surface area contributed by atoms with Crippen LogP contribution in [0.2, 0.25) is 5.02 Å². The molecule has 9 heteroatoms. The lowest BCUT2D eigenvalue weighted by atomic mass is 10.1. The van der Waals surface area contributed by atoms with Crippen LogP contribution in [-0.2, 0) is 6.54 Å². The molecule has 0 saturated carbocycles. The molecule has 2 aromatic rings. The molecule has 0 atom stereocenters. The lowest BCUT2D eigenvalue weighted by Crippen LogP contribution is -2.35. The zero-order valence-electron chi connectivity index (χ0n) is 16.0. The van der Waals surface area contributed by atoms with Crippen molar-refractivity contribution in [1.29, 1.82) is 0 Å². The molecule has 0 aliphatic carbocycles. The van der Waals surface area contributed by atoms with Gasteiger partial charge in [0.05, 0.1) is 5.02 Å². The monoisotopic (exact) mass is 417 g/mol. The number of nitrogens with two attached hydrogens (primary N) is 1. The molecule has 1 aromatic carbocycles. The lowest BCUT2D eigenvalue weighted by Gasteiger charge is -2.20. The Labute approximate surface area is 167 Å². The molecule has 0 saturated heterocycles. The van der Waals surface area contributed by atoms with E-state index < -0.39 is 12.3 Å². The normalized spacial score (nSPS) is 11.4. The van der Waals surface area contributed by atoms with Crippen molar-refractivity contribution in [3.8, 4) is 5.75 Å². The average molecular weight is 418 g/mol. The Balaban J connectivity index is 0.000000330. The van der Waals surface area contributed by atoms with Crippen molar-refractivity contribution in [1.82, 2.24) is 10.3 Å².